The number of anilines is 1. The predicted molar refractivity (Wildman–Crippen MR) is 128 cm³/mol. The Labute approximate surface area is 194 Å². The Bertz CT molecular complexity index is 1050. The molecule has 3 rings (SSSR count). The van der Waals surface area contributed by atoms with Crippen molar-refractivity contribution in [3.63, 3.8) is 0 Å². The molecule has 0 unspecified atom stereocenters. The number of rotatable bonds is 7. The van der Waals surface area contributed by atoms with Gasteiger partial charge in [0.15, 0.2) is 0 Å². The molecule has 1 amide bonds. The number of aryl methyl sites for hydroxylation is 2. The van der Waals surface area contributed by atoms with Crippen LogP contribution in [0.3, 0.4) is 0 Å². The first kappa shape index (κ1) is 23.9. The van der Waals surface area contributed by atoms with Crippen LogP contribution >= 0.6 is 23.2 Å². The SMILES string of the molecule is CC[C@@H](NC(=O)[C@@H](C)N(c1cc(Cl)cc(Cl)c1)S(C)(=O)=O)c1ccc2c(c1)CCCC2. The van der Waals surface area contributed by atoms with E-state index in [1.807, 2.05) is 6.92 Å². The summed E-state index contributed by atoms with van der Waals surface area (Å²) in [5.74, 6) is -0.383. The fourth-order valence-corrected chi connectivity index (χ4v) is 5.83. The molecule has 31 heavy (non-hydrogen) atoms. The van der Waals surface area contributed by atoms with Crippen LogP contribution in [0.4, 0.5) is 5.69 Å². The summed E-state index contributed by atoms with van der Waals surface area (Å²) in [4.78, 5) is 13.1. The van der Waals surface area contributed by atoms with Gasteiger partial charge in [0.2, 0.25) is 15.9 Å². The third kappa shape index (κ3) is 5.73. The number of hydrogen-bond donors (Lipinski definition) is 1. The smallest absolute Gasteiger partial charge is 0.244 e. The molecule has 8 heteroatoms. The molecule has 1 N–H and O–H groups in total. The lowest BCUT2D eigenvalue weighted by Crippen LogP contribution is -2.48. The summed E-state index contributed by atoms with van der Waals surface area (Å²) in [5, 5.41) is 3.62. The molecule has 2 aromatic carbocycles. The third-order valence-electron chi connectivity index (χ3n) is 5.69. The van der Waals surface area contributed by atoms with Crippen molar-refractivity contribution in [2.75, 3.05) is 10.6 Å². The average Bonchev–Trinajstić information content (AvgIpc) is 2.69. The van der Waals surface area contributed by atoms with E-state index in [9.17, 15) is 13.2 Å². The van der Waals surface area contributed by atoms with Crippen LogP contribution in [0.15, 0.2) is 36.4 Å². The number of halogens is 2. The number of benzene rings is 2. The predicted octanol–water partition coefficient (Wildman–Crippen LogP) is 5.29. The molecule has 2 aromatic rings. The second kappa shape index (κ2) is 9.80. The molecule has 0 bridgehead atoms. The highest BCUT2D eigenvalue weighted by Gasteiger charge is 2.31. The minimum Gasteiger partial charge on any atom is -0.347 e. The van der Waals surface area contributed by atoms with Gasteiger partial charge in [-0.3, -0.25) is 9.10 Å². The maximum Gasteiger partial charge on any atom is 0.244 e. The van der Waals surface area contributed by atoms with E-state index in [0.717, 1.165) is 29.0 Å². The summed E-state index contributed by atoms with van der Waals surface area (Å²) in [6, 6.07) is 9.70. The van der Waals surface area contributed by atoms with Crippen LogP contribution in [0.25, 0.3) is 0 Å². The Balaban J connectivity index is 1.85. The number of nitrogens with zero attached hydrogens (tertiary/aromatic N) is 1. The number of amides is 1. The molecule has 0 fully saturated rings. The van der Waals surface area contributed by atoms with Gasteiger partial charge in [-0.25, -0.2) is 8.42 Å². The Morgan fingerprint density at radius 1 is 1.06 bits per heavy atom. The fourth-order valence-electron chi connectivity index (χ4n) is 4.16. The summed E-state index contributed by atoms with van der Waals surface area (Å²) in [6.45, 7) is 3.56. The molecule has 0 radical (unpaired) electrons. The van der Waals surface area contributed by atoms with Gasteiger partial charge in [-0.1, -0.05) is 48.3 Å². The van der Waals surface area contributed by atoms with Crippen LogP contribution in [-0.2, 0) is 27.7 Å². The van der Waals surface area contributed by atoms with E-state index in [2.05, 4.69) is 23.5 Å². The van der Waals surface area contributed by atoms with E-state index in [0.29, 0.717) is 16.5 Å². The molecular formula is C23H28Cl2N2O3S. The van der Waals surface area contributed by atoms with Gasteiger partial charge in [-0.05, 0) is 73.9 Å². The van der Waals surface area contributed by atoms with Crippen molar-refractivity contribution < 1.29 is 13.2 Å². The highest BCUT2D eigenvalue weighted by molar-refractivity contribution is 7.92. The number of carbonyl (C=O) groups excluding carboxylic acids is 1. The van der Waals surface area contributed by atoms with Gasteiger partial charge in [0.1, 0.15) is 6.04 Å². The molecular weight excluding hydrogens is 455 g/mol. The quantitative estimate of drug-likeness (QED) is 0.582. The summed E-state index contributed by atoms with van der Waals surface area (Å²) in [7, 11) is -3.76. The Hall–Kier alpha value is -1.76. The summed E-state index contributed by atoms with van der Waals surface area (Å²) in [6.07, 6.45) is 6.31. The van der Waals surface area contributed by atoms with Crippen LogP contribution in [0.2, 0.25) is 10.0 Å². The van der Waals surface area contributed by atoms with Crippen molar-refractivity contribution in [3.05, 3.63) is 63.1 Å². The van der Waals surface area contributed by atoms with Crippen molar-refractivity contribution >= 4 is 44.8 Å². The summed E-state index contributed by atoms with van der Waals surface area (Å²) >= 11 is 12.1. The minimum atomic E-state index is -3.76. The molecule has 0 aromatic heterocycles. The lowest BCUT2D eigenvalue weighted by atomic mass is 9.88. The van der Waals surface area contributed by atoms with Gasteiger partial charge in [0.25, 0.3) is 0 Å². The molecule has 2 atom stereocenters. The van der Waals surface area contributed by atoms with Crippen LogP contribution in [-0.4, -0.2) is 26.6 Å². The standard InChI is InChI=1S/C23H28Cl2N2O3S/c1-4-22(18-10-9-16-7-5-6-8-17(16)11-18)26-23(28)15(2)27(31(3,29)30)21-13-19(24)12-20(25)14-21/h9-15,22H,4-8H2,1-3H3,(H,26,28)/t15-,22-/m1/s1. The van der Waals surface area contributed by atoms with Gasteiger partial charge >= 0.3 is 0 Å². The van der Waals surface area contributed by atoms with Crippen LogP contribution in [0, 0.1) is 0 Å². The Kier molecular flexibility index (Phi) is 7.55. The van der Waals surface area contributed by atoms with E-state index in [4.69, 9.17) is 23.2 Å². The fraction of sp³-hybridized carbons (Fsp3) is 0.435. The third-order valence-corrected chi connectivity index (χ3v) is 7.37. The number of sulfonamides is 1. The first-order chi connectivity index (χ1) is 14.6. The highest BCUT2D eigenvalue weighted by Crippen LogP contribution is 2.30. The molecule has 0 spiro atoms. The van der Waals surface area contributed by atoms with Gasteiger partial charge in [0.05, 0.1) is 18.0 Å². The maximum absolute atomic E-state index is 13.1. The molecule has 0 saturated carbocycles. The Morgan fingerprint density at radius 2 is 1.68 bits per heavy atom. The van der Waals surface area contributed by atoms with Gasteiger partial charge in [-0.15, -0.1) is 0 Å². The largest absolute Gasteiger partial charge is 0.347 e. The van der Waals surface area contributed by atoms with Gasteiger partial charge < -0.3 is 5.32 Å². The number of fused-ring (bicyclic) bond motifs is 1. The van der Waals surface area contributed by atoms with E-state index >= 15 is 0 Å². The second-order valence-corrected chi connectivity index (χ2v) is 10.8. The van der Waals surface area contributed by atoms with Gasteiger partial charge in [0, 0.05) is 10.0 Å². The molecule has 5 nitrogen and oxygen atoms in total. The van der Waals surface area contributed by atoms with E-state index in [-0.39, 0.29) is 17.6 Å². The van der Waals surface area contributed by atoms with E-state index in [1.165, 1.54) is 42.2 Å². The molecule has 0 aliphatic heterocycles. The van der Waals surface area contributed by atoms with Crippen LogP contribution in [0.5, 0.6) is 0 Å². The number of nitrogens with one attached hydrogen (secondary N) is 1. The molecule has 0 saturated heterocycles. The van der Waals surface area contributed by atoms with Crippen LogP contribution in [0.1, 0.15) is 55.8 Å². The average molecular weight is 483 g/mol. The molecule has 1 aliphatic carbocycles. The van der Waals surface area contributed by atoms with Crippen molar-refractivity contribution in [1.82, 2.24) is 5.32 Å². The topological polar surface area (TPSA) is 66.5 Å². The van der Waals surface area contributed by atoms with Crippen molar-refractivity contribution in [2.24, 2.45) is 0 Å². The normalized spacial score (nSPS) is 15.6. The first-order valence-corrected chi connectivity index (χ1v) is 13.1. The van der Waals surface area contributed by atoms with E-state index < -0.39 is 16.1 Å². The van der Waals surface area contributed by atoms with Crippen molar-refractivity contribution in [2.45, 2.75) is 58.0 Å². The highest BCUT2D eigenvalue weighted by atomic mass is 35.5. The maximum atomic E-state index is 13.1. The van der Waals surface area contributed by atoms with Gasteiger partial charge in [-0.2, -0.15) is 0 Å². The molecule has 1 aliphatic rings. The lowest BCUT2D eigenvalue weighted by Gasteiger charge is -2.30. The second-order valence-electron chi connectivity index (χ2n) is 8.07. The number of carbonyl (C=O) groups is 1. The zero-order valence-corrected chi connectivity index (χ0v) is 20.3. The van der Waals surface area contributed by atoms with E-state index in [1.54, 1.807) is 6.92 Å². The Morgan fingerprint density at radius 3 is 2.26 bits per heavy atom. The zero-order valence-electron chi connectivity index (χ0n) is 18.0. The molecule has 0 heterocycles. The first-order valence-electron chi connectivity index (χ1n) is 10.5. The monoisotopic (exact) mass is 482 g/mol. The zero-order chi connectivity index (χ0) is 22.8. The van der Waals surface area contributed by atoms with Crippen LogP contribution < -0.4 is 9.62 Å². The molecule has 168 valence electrons. The van der Waals surface area contributed by atoms with Crippen molar-refractivity contribution in [1.29, 1.82) is 0 Å². The summed E-state index contributed by atoms with van der Waals surface area (Å²) in [5.41, 5.74) is 4.02. The van der Waals surface area contributed by atoms with Crippen molar-refractivity contribution in [3.8, 4) is 0 Å². The lowest BCUT2D eigenvalue weighted by molar-refractivity contribution is -0.122. The minimum absolute atomic E-state index is 0.202. The number of hydrogen-bond acceptors (Lipinski definition) is 3. The summed E-state index contributed by atoms with van der Waals surface area (Å²) < 4.78 is 26.1.